The highest BCUT2D eigenvalue weighted by Crippen LogP contribution is 2.32. The first kappa shape index (κ1) is 20.5. The molecule has 2 aliphatic heterocycles. The lowest BCUT2D eigenvalue weighted by molar-refractivity contribution is -0.116. The maximum absolute atomic E-state index is 12.4. The summed E-state index contributed by atoms with van der Waals surface area (Å²) >= 11 is 0. The van der Waals surface area contributed by atoms with Crippen LogP contribution in [-0.4, -0.2) is 43.7 Å². The minimum atomic E-state index is 0.0694. The molecule has 0 atom stereocenters. The molecule has 4 rings (SSSR count). The number of carbonyl (C=O) groups is 1. The molecular formula is C25H30N2O3. The van der Waals surface area contributed by atoms with E-state index in [1.54, 1.807) is 0 Å². The number of anilines is 1. The topological polar surface area (TPSA) is 50.8 Å². The van der Waals surface area contributed by atoms with E-state index in [-0.39, 0.29) is 5.91 Å². The van der Waals surface area contributed by atoms with Gasteiger partial charge in [0.2, 0.25) is 5.91 Å². The SMILES string of the molecule is O=C(CCC1CCN(C/C=C/c2ccccc2)CC1)Nc1ccc2c(c1)OCCO2. The number of likely N-dealkylation sites (tertiary alicyclic amines) is 1. The largest absolute Gasteiger partial charge is 0.486 e. The second-order valence-corrected chi connectivity index (χ2v) is 8.00. The van der Waals surface area contributed by atoms with Crippen LogP contribution >= 0.6 is 0 Å². The third-order valence-corrected chi connectivity index (χ3v) is 5.79. The molecule has 1 N–H and O–H groups in total. The molecule has 5 heteroatoms. The Morgan fingerprint density at radius 3 is 2.60 bits per heavy atom. The fourth-order valence-corrected chi connectivity index (χ4v) is 4.04. The predicted molar refractivity (Wildman–Crippen MR) is 120 cm³/mol. The summed E-state index contributed by atoms with van der Waals surface area (Å²) < 4.78 is 11.1. The van der Waals surface area contributed by atoms with E-state index in [4.69, 9.17) is 9.47 Å². The molecule has 0 spiro atoms. The molecule has 30 heavy (non-hydrogen) atoms. The highest BCUT2D eigenvalue weighted by atomic mass is 16.6. The van der Waals surface area contributed by atoms with Crippen molar-refractivity contribution < 1.29 is 14.3 Å². The molecule has 0 radical (unpaired) electrons. The average Bonchev–Trinajstić information content (AvgIpc) is 2.79. The zero-order valence-corrected chi connectivity index (χ0v) is 17.4. The number of fused-ring (bicyclic) bond motifs is 1. The summed E-state index contributed by atoms with van der Waals surface area (Å²) in [5.74, 6) is 2.14. The summed E-state index contributed by atoms with van der Waals surface area (Å²) in [6.45, 7) is 4.32. The minimum Gasteiger partial charge on any atom is -0.486 e. The zero-order chi connectivity index (χ0) is 20.6. The summed E-state index contributed by atoms with van der Waals surface area (Å²) in [7, 11) is 0. The molecule has 0 aromatic heterocycles. The molecule has 0 aliphatic carbocycles. The molecular weight excluding hydrogens is 376 g/mol. The number of hydrogen-bond donors (Lipinski definition) is 1. The quantitative estimate of drug-likeness (QED) is 0.730. The standard InChI is InChI=1S/C25H30N2O3/c28-25(26-22-9-10-23-24(19-22)30-18-17-29-23)11-8-21-12-15-27(16-13-21)14-4-7-20-5-2-1-3-6-20/h1-7,9-10,19,21H,8,11-18H2,(H,26,28)/b7-4+. The molecule has 2 aromatic carbocycles. The van der Waals surface area contributed by atoms with Crippen molar-refractivity contribution in [3.63, 3.8) is 0 Å². The van der Waals surface area contributed by atoms with Crippen LogP contribution in [0.1, 0.15) is 31.2 Å². The van der Waals surface area contributed by atoms with Crippen LogP contribution in [0, 0.1) is 5.92 Å². The maximum Gasteiger partial charge on any atom is 0.224 e. The number of nitrogens with zero attached hydrogens (tertiary/aromatic N) is 1. The minimum absolute atomic E-state index is 0.0694. The highest BCUT2D eigenvalue weighted by Gasteiger charge is 2.19. The fourth-order valence-electron chi connectivity index (χ4n) is 4.04. The van der Waals surface area contributed by atoms with Gasteiger partial charge < -0.3 is 14.8 Å². The second-order valence-electron chi connectivity index (χ2n) is 8.00. The molecule has 0 saturated carbocycles. The van der Waals surface area contributed by atoms with Gasteiger partial charge in [-0.05, 0) is 56.0 Å². The van der Waals surface area contributed by atoms with Crippen molar-refractivity contribution in [2.45, 2.75) is 25.7 Å². The van der Waals surface area contributed by atoms with Crippen molar-refractivity contribution in [3.8, 4) is 11.5 Å². The van der Waals surface area contributed by atoms with E-state index >= 15 is 0 Å². The van der Waals surface area contributed by atoms with Crippen molar-refractivity contribution in [2.24, 2.45) is 5.92 Å². The summed E-state index contributed by atoms with van der Waals surface area (Å²) in [5.41, 5.74) is 2.01. The van der Waals surface area contributed by atoms with E-state index < -0.39 is 0 Å². The van der Waals surface area contributed by atoms with Gasteiger partial charge in [0, 0.05) is 24.7 Å². The molecule has 158 valence electrons. The van der Waals surface area contributed by atoms with E-state index in [2.05, 4.69) is 46.6 Å². The van der Waals surface area contributed by atoms with Crippen molar-refractivity contribution in [3.05, 3.63) is 60.2 Å². The first-order chi connectivity index (χ1) is 14.8. The number of amides is 1. The van der Waals surface area contributed by atoms with E-state index in [0.717, 1.165) is 50.3 Å². The van der Waals surface area contributed by atoms with Crippen LogP contribution in [0.2, 0.25) is 0 Å². The van der Waals surface area contributed by atoms with Crippen LogP contribution in [0.4, 0.5) is 5.69 Å². The van der Waals surface area contributed by atoms with Crippen molar-refractivity contribution in [1.29, 1.82) is 0 Å². The van der Waals surface area contributed by atoms with Crippen LogP contribution < -0.4 is 14.8 Å². The lowest BCUT2D eigenvalue weighted by Crippen LogP contribution is -2.34. The van der Waals surface area contributed by atoms with Crippen LogP contribution in [0.25, 0.3) is 6.08 Å². The van der Waals surface area contributed by atoms with Crippen LogP contribution in [0.5, 0.6) is 11.5 Å². The van der Waals surface area contributed by atoms with Gasteiger partial charge in [-0.1, -0.05) is 42.5 Å². The zero-order valence-electron chi connectivity index (χ0n) is 17.4. The third-order valence-electron chi connectivity index (χ3n) is 5.79. The van der Waals surface area contributed by atoms with E-state index in [9.17, 15) is 4.79 Å². The Hall–Kier alpha value is -2.79. The molecule has 0 unspecified atom stereocenters. The first-order valence-electron chi connectivity index (χ1n) is 10.9. The summed E-state index contributed by atoms with van der Waals surface area (Å²) in [6, 6.07) is 16.0. The number of rotatable bonds is 7. The fraction of sp³-hybridized carbons (Fsp3) is 0.400. The van der Waals surface area contributed by atoms with Crippen LogP contribution in [0.3, 0.4) is 0 Å². The molecule has 1 amide bonds. The van der Waals surface area contributed by atoms with Gasteiger partial charge in [-0.3, -0.25) is 9.69 Å². The van der Waals surface area contributed by atoms with Gasteiger partial charge in [-0.2, -0.15) is 0 Å². The Labute approximate surface area is 178 Å². The predicted octanol–water partition coefficient (Wildman–Crippen LogP) is 4.60. The van der Waals surface area contributed by atoms with E-state index in [1.165, 1.54) is 5.56 Å². The smallest absolute Gasteiger partial charge is 0.224 e. The van der Waals surface area contributed by atoms with Gasteiger partial charge in [-0.15, -0.1) is 0 Å². The third kappa shape index (κ3) is 5.86. The van der Waals surface area contributed by atoms with Gasteiger partial charge in [0.25, 0.3) is 0 Å². The Morgan fingerprint density at radius 1 is 1.03 bits per heavy atom. The van der Waals surface area contributed by atoms with Crippen LogP contribution in [-0.2, 0) is 4.79 Å². The molecule has 5 nitrogen and oxygen atoms in total. The van der Waals surface area contributed by atoms with Crippen molar-refractivity contribution >= 4 is 17.7 Å². The van der Waals surface area contributed by atoms with E-state index in [0.29, 0.717) is 31.3 Å². The lowest BCUT2D eigenvalue weighted by atomic mass is 9.92. The Balaban J connectivity index is 1.15. The summed E-state index contributed by atoms with van der Waals surface area (Å²) in [5, 5.41) is 2.99. The summed E-state index contributed by atoms with van der Waals surface area (Å²) in [4.78, 5) is 14.9. The molecule has 2 aromatic rings. The Kier molecular flexibility index (Phi) is 7.03. The molecule has 1 fully saturated rings. The molecule has 2 aliphatic rings. The number of hydrogen-bond acceptors (Lipinski definition) is 4. The second kappa shape index (κ2) is 10.3. The monoisotopic (exact) mass is 406 g/mol. The lowest BCUT2D eigenvalue weighted by Gasteiger charge is -2.31. The van der Waals surface area contributed by atoms with Crippen molar-refractivity contribution in [1.82, 2.24) is 4.90 Å². The Morgan fingerprint density at radius 2 is 1.80 bits per heavy atom. The number of carbonyl (C=O) groups excluding carboxylic acids is 1. The van der Waals surface area contributed by atoms with Gasteiger partial charge in [0.05, 0.1) is 0 Å². The molecule has 1 saturated heterocycles. The van der Waals surface area contributed by atoms with Gasteiger partial charge >= 0.3 is 0 Å². The highest BCUT2D eigenvalue weighted by molar-refractivity contribution is 5.91. The molecule has 0 bridgehead atoms. The van der Waals surface area contributed by atoms with Gasteiger partial charge in [0.15, 0.2) is 11.5 Å². The first-order valence-corrected chi connectivity index (χ1v) is 10.9. The van der Waals surface area contributed by atoms with Gasteiger partial charge in [-0.25, -0.2) is 0 Å². The van der Waals surface area contributed by atoms with Crippen molar-refractivity contribution in [2.75, 3.05) is 38.2 Å². The maximum atomic E-state index is 12.4. The number of ether oxygens (including phenoxy) is 2. The molecule has 2 heterocycles. The Bertz CT molecular complexity index is 858. The number of benzene rings is 2. The van der Waals surface area contributed by atoms with Gasteiger partial charge in [0.1, 0.15) is 13.2 Å². The number of piperidine rings is 1. The number of nitrogens with one attached hydrogen (secondary N) is 1. The normalized spacial score (nSPS) is 17.2. The average molecular weight is 407 g/mol. The van der Waals surface area contributed by atoms with E-state index in [1.807, 2.05) is 24.3 Å². The van der Waals surface area contributed by atoms with Crippen LogP contribution in [0.15, 0.2) is 54.6 Å². The summed E-state index contributed by atoms with van der Waals surface area (Å²) in [6.07, 6.45) is 8.27.